The van der Waals surface area contributed by atoms with Crippen LogP contribution in [0.2, 0.25) is 0 Å². The number of benzene rings is 2. The highest BCUT2D eigenvalue weighted by Crippen LogP contribution is 2.18. The molecule has 4 heteroatoms. The van der Waals surface area contributed by atoms with Crippen LogP contribution in [0.4, 0.5) is 11.4 Å². The van der Waals surface area contributed by atoms with Crippen molar-refractivity contribution in [2.75, 3.05) is 0 Å². The zero-order valence-electron chi connectivity index (χ0n) is 9.65. The second kappa shape index (κ2) is 5.72. The molecule has 0 bridgehead atoms. The second-order valence-electron chi connectivity index (χ2n) is 3.77. The number of carboxylic acids is 1. The van der Waals surface area contributed by atoms with Crippen LogP contribution in [0.5, 0.6) is 0 Å². The first-order valence-corrected chi connectivity index (χ1v) is 5.51. The van der Waals surface area contributed by atoms with E-state index in [4.69, 9.17) is 5.11 Å². The summed E-state index contributed by atoms with van der Waals surface area (Å²) in [5.41, 5.74) is 2.24. The molecule has 2 aromatic carbocycles. The molecule has 2 aromatic rings. The maximum Gasteiger partial charge on any atom is 0.307 e. The second-order valence-corrected chi connectivity index (χ2v) is 3.77. The van der Waals surface area contributed by atoms with Crippen LogP contribution in [-0.4, -0.2) is 11.1 Å². The molecule has 0 aliphatic heterocycles. The lowest BCUT2D eigenvalue weighted by Crippen LogP contribution is -1.98. The molecule has 0 radical (unpaired) electrons. The van der Waals surface area contributed by atoms with Crippen LogP contribution < -0.4 is 0 Å². The molecular weight excluding hydrogens is 228 g/mol. The summed E-state index contributed by atoms with van der Waals surface area (Å²) in [6.07, 6.45) is 0.0239. The molecule has 90 valence electrons. The Hall–Kier alpha value is -2.49. The molecule has 0 atom stereocenters. The third-order valence-electron chi connectivity index (χ3n) is 2.33. The van der Waals surface area contributed by atoms with Crippen molar-refractivity contribution >= 4 is 17.3 Å². The van der Waals surface area contributed by atoms with E-state index in [0.717, 1.165) is 11.3 Å². The summed E-state index contributed by atoms with van der Waals surface area (Å²) in [6.45, 7) is 0. The van der Waals surface area contributed by atoms with E-state index >= 15 is 0 Å². The Morgan fingerprint density at radius 1 is 0.889 bits per heavy atom. The van der Waals surface area contributed by atoms with Crippen LogP contribution in [0.3, 0.4) is 0 Å². The van der Waals surface area contributed by atoms with Gasteiger partial charge in [-0.15, -0.1) is 0 Å². The van der Waals surface area contributed by atoms with Gasteiger partial charge >= 0.3 is 5.97 Å². The molecule has 0 saturated heterocycles. The zero-order valence-corrected chi connectivity index (χ0v) is 9.65. The van der Waals surface area contributed by atoms with Crippen LogP contribution in [0.1, 0.15) is 5.56 Å². The SMILES string of the molecule is O=C(O)Cc1ccc(/N=N/c2ccccc2)cc1. The molecular formula is C14H12N2O2. The quantitative estimate of drug-likeness (QED) is 0.827. The van der Waals surface area contributed by atoms with Crippen molar-refractivity contribution in [3.8, 4) is 0 Å². The molecule has 2 rings (SSSR count). The first-order valence-electron chi connectivity index (χ1n) is 5.51. The fourth-order valence-electron chi connectivity index (χ4n) is 1.47. The molecule has 0 heterocycles. The third-order valence-corrected chi connectivity index (χ3v) is 2.33. The van der Waals surface area contributed by atoms with Crippen LogP contribution in [-0.2, 0) is 11.2 Å². The molecule has 0 fully saturated rings. The Bertz CT molecular complexity index is 548. The van der Waals surface area contributed by atoms with E-state index in [1.165, 1.54) is 0 Å². The molecule has 0 amide bonds. The van der Waals surface area contributed by atoms with E-state index < -0.39 is 5.97 Å². The van der Waals surface area contributed by atoms with E-state index in [9.17, 15) is 4.79 Å². The molecule has 0 saturated carbocycles. The number of carbonyl (C=O) groups is 1. The van der Waals surface area contributed by atoms with Gasteiger partial charge in [-0.3, -0.25) is 4.79 Å². The third kappa shape index (κ3) is 3.52. The summed E-state index contributed by atoms with van der Waals surface area (Å²) in [6, 6.07) is 16.4. The van der Waals surface area contributed by atoms with E-state index in [1.54, 1.807) is 24.3 Å². The van der Waals surface area contributed by atoms with Gasteiger partial charge in [0.05, 0.1) is 17.8 Å². The minimum Gasteiger partial charge on any atom is -0.481 e. The van der Waals surface area contributed by atoms with E-state index in [2.05, 4.69) is 10.2 Å². The molecule has 0 aliphatic carbocycles. The number of hydrogen-bond donors (Lipinski definition) is 1. The average Bonchev–Trinajstić information content (AvgIpc) is 2.38. The van der Waals surface area contributed by atoms with Gasteiger partial charge < -0.3 is 5.11 Å². The highest BCUT2D eigenvalue weighted by molar-refractivity contribution is 5.70. The van der Waals surface area contributed by atoms with Crippen molar-refractivity contribution in [2.45, 2.75) is 6.42 Å². The van der Waals surface area contributed by atoms with Crippen molar-refractivity contribution in [3.05, 3.63) is 60.2 Å². The Morgan fingerprint density at radius 2 is 1.44 bits per heavy atom. The number of carboxylic acid groups (broad SMARTS) is 1. The van der Waals surface area contributed by atoms with E-state index in [0.29, 0.717) is 5.69 Å². The van der Waals surface area contributed by atoms with Crippen molar-refractivity contribution in [2.24, 2.45) is 10.2 Å². The summed E-state index contributed by atoms with van der Waals surface area (Å²) < 4.78 is 0. The predicted octanol–water partition coefficient (Wildman–Crippen LogP) is 3.73. The largest absolute Gasteiger partial charge is 0.481 e. The first kappa shape index (κ1) is 12.0. The molecule has 0 aliphatic rings. The average molecular weight is 240 g/mol. The van der Waals surface area contributed by atoms with Gasteiger partial charge in [0, 0.05) is 0 Å². The monoisotopic (exact) mass is 240 g/mol. The Balaban J connectivity index is 2.06. The van der Waals surface area contributed by atoms with Crippen LogP contribution in [0.15, 0.2) is 64.8 Å². The molecule has 18 heavy (non-hydrogen) atoms. The van der Waals surface area contributed by atoms with Crippen molar-refractivity contribution in [1.29, 1.82) is 0 Å². The first-order chi connectivity index (χ1) is 8.74. The predicted molar refractivity (Wildman–Crippen MR) is 68.4 cm³/mol. The van der Waals surface area contributed by atoms with Crippen molar-refractivity contribution in [3.63, 3.8) is 0 Å². The zero-order chi connectivity index (χ0) is 12.8. The number of azo groups is 1. The van der Waals surface area contributed by atoms with E-state index in [1.807, 2.05) is 30.3 Å². The lowest BCUT2D eigenvalue weighted by Gasteiger charge is -1.97. The molecule has 0 aromatic heterocycles. The van der Waals surface area contributed by atoms with Crippen molar-refractivity contribution < 1.29 is 9.90 Å². The minimum absolute atomic E-state index is 0.0239. The smallest absolute Gasteiger partial charge is 0.307 e. The Labute approximate surface area is 105 Å². The number of hydrogen-bond acceptors (Lipinski definition) is 3. The lowest BCUT2D eigenvalue weighted by atomic mass is 10.1. The van der Waals surface area contributed by atoms with Gasteiger partial charge in [0.15, 0.2) is 0 Å². The van der Waals surface area contributed by atoms with Gasteiger partial charge in [-0.05, 0) is 29.8 Å². The lowest BCUT2D eigenvalue weighted by molar-refractivity contribution is -0.136. The number of nitrogens with zero attached hydrogens (tertiary/aromatic N) is 2. The highest BCUT2D eigenvalue weighted by atomic mass is 16.4. The normalized spacial score (nSPS) is 10.7. The van der Waals surface area contributed by atoms with Gasteiger partial charge in [-0.1, -0.05) is 30.3 Å². The standard InChI is InChI=1S/C14H12N2O2/c17-14(18)10-11-6-8-13(9-7-11)16-15-12-4-2-1-3-5-12/h1-9H,10H2,(H,17,18)/b16-15+. The van der Waals surface area contributed by atoms with Gasteiger partial charge in [0.25, 0.3) is 0 Å². The van der Waals surface area contributed by atoms with Crippen LogP contribution in [0, 0.1) is 0 Å². The van der Waals surface area contributed by atoms with Gasteiger partial charge in [-0.25, -0.2) is 0 Å². The van der Waals surface area contributed by atoms with Crippen molar-refractivity contribution in [1.82, 2.24) is 0 Å². The maximum absolute atomic E-state index is 10.5. The van der Waals surface area contributed by atoms with Crippen LogP contribution in [0.25, 0.3) is 0 Å². The Morgan fingerprint density at radius 3 is 2.00 bits per heavy atom. The Kier molecular flexibility index (Phi) is 3.81. The highest BCUT2D eigenvalue weighted by Gasteiger charge is 1.99. The summed E-state index contributed by atoms with van der Waals surface area (Å²) in [5, 5.41) is 16.8. The summed E-state index contributed by atoms with van der Waals surface area (Å²) in [5.74, 6) is -0.839. The fourth-order valence-corrected chi connectivity index (χ4v) is 1.47. The fraction of sp³-hybridized carbons (Fsp3) is 0.0714. The maximum atomic E-state index is 10.5. The van der Waals surface area contributed by atoms with Gasteiger partial charge in [0.1, 0.15) is 0 Å². The number of rotatable bonds is 4. The van der Waals surface area contributed by atoms with Gasteiger partial charge in [-0.2, -0.15) is 10.2 Å². The summed E-state index contributed by atoms with van der Waals surface area (Å²) >= 11 is 0. The van der Waals surface area contributed by atoms with Crippen LogP contribution >= 0.6 is 0 Å². The summed E-state index contributed by atoms with van der Waals surface area (Å²) in [7, 11) is 0. The molecule has 0 spiro atoms. The van der Waals surface area contributed by atoms with Gasteiger partial charge in [0.2, 0.25) is 0 Å². The molecule has 4 nitrogen and oxygen atoms in total. The number of aliphatic carboxylic acids is 1. The molecule has 1 N–H and O–H groups in total. The minimum atomic E-state index is -0.839. The van der Waals surface area contributed by atoms with E-state index in [-0.39, 0.29) is 6.42 Å². The summed E-state index contributed by atoms with van der Waals surface area (Å²) in [4.78, 5) is 10.5. The topological polar surface area (TPSA) is 62.0 Å². The molecule has 0 unspecified atom stereocenters.